The molecule has 0 N–H and O–H groups in total. The van der Waals surface area contributed by atoms with Crippen LogP contribution in [0.15, 0.2) is 24.3 Å². The zero-order valence-electron chi connectivity index (χ0n) is 36.5. The minimum absolute atomic E-state index is 0.0833. The lowest BCUT2D eigenvalue weighted by Gasteiger charge is -2.18. The maximum absolute atomic E-state index is 12.7. The van der Waals surface area contributed by atoms with Gasteiger partial charge in [-0.15, -0.1) is 0 Å². The molecule has 0 amide bonds. The molecule has 0 saturated carbocycles. The highest BCUT2D eigenvalue weighted by Gasteiger charge is 2.17. The quantitative estimate of drug-likeness (QED) is 0.0352. The molecule has 0 fully saturated rings. The summed E-state index contributed by atoms with van der Waals surface area (Å²) in [5, 5.41) is 0. The van der Waals surface area contributed by atoms with E-state index in [0.717, 1.165) is 57.8 Å². The lowest BCUT2D eigenvalue weighted by atomic mass is 10.1. The standard InChI is InChI=1S/C49H92O5/c1-4-7-10-13-16-19-22-25-27-30-33-36-39-42-48(50)53-46-47(45-52-44-41-38-35-32-29-24-21-18-15-12-9-6-3)54-49(51)43-40-37-34-31-28-26-23-20-17-14-11-8-5-2/h19-20,22-23,47H,4-18,21,24-46H2,1-3H3/b22-19-,23-20-. The van der Waals surface area contributed by atoms with Crippen LogP contribution in [0.2, 0.25) is 0 Å². The first-order valence-corrected chi connectivity index (χ1v) is 23.9. The molecule has 0 spiro atoms. The maximum Gasteiger partial charge on any atom is 0.306 e. The van der Waals surface area contributed by atoms with Gasteiger partial charge in [-0.3, -0.25) is 9.59 Å². The van der Waals surface area contributed by atoms with Crippen molar-refractivity contribution in [3.63, 3.8) is 0 Å². The minimum atomic E-state index is -0.535. The van der Waals surface area contributed by atoms with Crippen LogP contribution >= 0.6 is 0 Å². The van der Waals surface area contributed by atoms with Crippen molar-refractivity contribution in [1.82, 2.24) is 0 Å². The Hall–Kier alpha value is -1.62. The van der Waals surface area contributed by atoms with Gasteiger partial charge in [0.05, 0.1) is 6.61 Å². The third-order valence-electron chi connectivity index (χ3n) is 10.5. The van der Waals surface area contributed by atoms with Gasteiger partial charge in [-0.2, -0.15) is 0 Å². The van der Waals surface area contributed by atoms with E-state index in [2.05, 4.69) is 45.1 Å². The molecule has 318 valence electrons. The fourth-order valence-electron chi connectivity index (χ4n) is 6.85. The first-order chi connectivity index (χ1) is 26.6. The largest absolute Gasteiger partial charge is 0.462 e. The van der Waals surface area contributed by atoms with Gasteiger partial charge < -0.3 is 14.2 Å². The number of unbranched alkanes of at least 4 members (excludes halogenated alkanes) is 29. The average molecular weight is 761 g/mol. The van der Waals surface area contributed by atoms with Gasteiger partial charge in [-0.05, 0) is 70.6 Å². The van der Waals surface area contributed by atoms with Crippen LogP contribution in [0.1, 0.15) is 252 Å². The third kappa shape index (κ3) is 43.1. The molecule has 0 saturated heterocycles. The van der Waals surface area contributed by atoms with E-state index in [0.29, 0.717) is 19.4 Å². The van der Waals surface area contributed by atoms with Crippen molar-refractivity contribution >= 4 is 11.9 Å². The van der Waals surface area contributed by atoms with Crippen molar-refractivity contribution in [2.45, 2.75) is 258 Å². The van der Waals surface area contributed by atoms with E-state index in [-0.39, 0.29) is 25.2 Å². The van der Waals surface area contributed by atoms with Gasteiger partial charge in [0.15, 0.2) is 6.10 Å². The van der Waals surface area contributed by atoms with Crippen molar-refractivity contribution in [2.24, 2.45) is 0 Å². The third-order valence-corrected chi connectivity index (χ3v) is 10.5. The predicted molar refractivity (Wildman–Crippen MR) is 233 cm³/mol. The molecule has 0 aliphatic carbocycles. The molecular weight excluding hydrogens is 669 g/mol. The van der Waals surface area contributed by atoms with Gasteiger partial charge in [0.1, 0.15) is 6.61 Å². The van der Waals surface area contributed by atoms with Crippen LogP contribution < -0.4 is 0 Å². The molecule has 54 heavy (non-hydrogen) atoms. The molecule has 0 heterocycles. The number of rotatable bonds is 44. The van der Waals surface area contributed by atoms with Crippen LogP contribution in [0.4, 0.5) is 0 Å². The first kappa shape index (κ1) is 52.4. The highest BCUT2D eigenvalue weighted by Crippen LogP contribution is 2.14. The molecular formula is C49H92O5. The van der Waals surface area contributed by atoms with E-state index in [1.807, 2.05) is 0 Å². The van der Waals surface area contributed by atoms with Gasteiger partial charge in [-0.1, -0.05) is 193 Å². The number of esters is 2. The van der Waals surface area contributed by atoms with Crippen LogP contribution in [0.3, 0.4) is 0 Å². The van der Waals surface area contributed by atoms with E-state index in [1.54, 1.807) is 0 Å². The zero-order chi connectivity index (χ0) is 39.3. The van der Waals surface area contributed by atoms with Crippen molar-refractivity contribution in [3.05, 3.63) is 24.3 Å². The number of carbonyl (C=O) groups excluding carboxylic acids is 2. The number of allylic oxidation sites excluding steroid dienone is 4. The van der Waals surface area contributed by atoms with Crippen molar-refractivity contribution in [1.29, 1.82) is 0 Å². The van der Waals surface area contributed by atoms with E-state index >= 15 is 0 Å². The second-order valence-electron chi connectivity index (χ2n) is 16.0. The summed E-state index contributed by atoms with van der Waals surface area (Å²) >= 11 is 0. The van der Waals surface area contributed by atoms with Gasteiger partial charge in [0.25, 0.3) is 0 Å². The maximum atomic E-state index is 12.7. The summed E-state index contributed by atoms with van der Waals surface area (Å²) in [6.07, 6.45) is 51.7. The SMILES string of the molecule is CCCCCC/C=C\CCCCCCCC(=O)OCC(COCCCCCCCCCCCCCC)OC(=O)CCCCCCC/C=C\CCCCCC. The predicted octanol–water partition coefficient (Wildman–Crippen LogP) is 15.7. The van der Waals surface area contributed by atoms with Crippen LogP contribution in [0.5, 0.6) is 0 Å². The summed E-state index contributed by atoms with van der Waals surface area (Å²) < 4.78 is 17.3. The molecule has 5 nitrogen and oxygen atoms in total. The Morgan fingerprint density at radius 1 is 0.389 bits per heavy atom. The molecule has 0 radical (unpaired) electrons. The molecule has 0 bridgehead atoms. The second kappa shape index (κ2) is 45.8. The Morgan fingerprint density at radius 2 is 0.722 bits per heavy atom. The van der Waals surface area contributed by atoms with Gasteiger partial charge in [-0.25, -0.2) is 0 Å². The van der Waals surface area contributed by atoms with E-state index < -0.39 is 6.10 Å². The van der Waals surface area contributed by atoms with E-state index in [9.17, 15) is 9.59 Å². The molecule has 0 aromatic heterocycles. The molecule has 5 heteroatoms. The number of ether oxygens (including phenoxy) is 3. The average Bonchev–Trinajstić information content (AvgIpc) is 3.17. The van der Waals surface area contributed by atoms with Gasteiger partial charge >= 0.3 is 11.9 Å². The van der Waals surface area contributed by atoms with Crippen LogP contribution in [0.25, 0.3) is 0 Å². The molecule has 0 aliphatic heterocycles. The fourth-order valence-corrected chi connectivity index (χ4v) is 6.85. The monoisotopic (exact) mass is 761 g/mol. The Labute approximate surface area is 337 Å². The minimum Gasteiger partial charge on any atom is -0.462 e. The first-order valence-electron chi connectivity index (χ1n) is 23.9. The molecule has 1 unspecified atom stereocenters. The zero-order valence-corrected chi connectivity index (χ0v) is 36.5. The number of hydrogen-bond donors (Lipinski definition) is 0. The van der Waals surface area contributed by atoms with Gasteiger partial charge in [0, 0.05) is 19.4 Å². The van der Waals surface area contributed by atoms with Gasteiger partial charge in [0.2, 0.25) is 0 Å². The number of carbonyl (C=O) groups is 2. The topological polar surface area (TPSA) is 61.8 Å². The lowest BCUT2D eigenvalue weighted by Crippen LogP contribution is -2.30. The normalized spacial score (nSPS) is 12.3. The highest BCUT2D eigenvalue weighted by atomic mass is 16.6. The summed E-state index contributed by atoms with van der Waals surface area (Å²) in [5.41, 5.74) is 0. The molecule has 0 aliphatic rings. The van der Waals surface area contributed by atoms with Crippen molar-refractivity contribution < 1.29 is 23.8 Å². The summed E-state index contributed by atoms with van der Waals surface area (Å²) in [7, 11) is 0. The van der Waals surface area contributed by atoms with Crippen LogP contribution in [-0.2, 0) is 23.8 Å². The molecule has 1 atom stereocenters. The molecule has 0 aromatic carbocycles. The summed E-state index contributed by atoms with van der Waals surface area (Å²) in [4.78, 5) is 25.3. The second-order valence-corrected chi connectivity index (χ2v) is 16.0. The summed E-state index contributed by atoms with van der Waals surface area (Å²) in [6.45, 7) is 7.81. The summed E-state index contributed by atoms with van der Waals surface area (Å²) in [5.74, 6) is -0.406. The van der Waals surface area contributed by atoms with Crippen molar-refractivity contribution in [2.75, 3.05) is 19.8 Å². The Bertz CT molecular complexity index is 821. The molecule has 0 rings (SSSR count). The summed E-state index contributed by atoms with van der Waals surface area (Å²) in [6, 6.07) is 0. The van der Waals surface area contributed by atoms with Crippen LogP contribution in [-0.4, -0.2) is 37.9 Å². The lowest BCUT2D eigenvalue weighted by molar-refractivity contribution is -0.163. The fraction of sp³-hybridized carbons (Fsp3) is 0.878. The number of hydrogen-bond acceptors (Lipinski definition) is 5. The van der Waals surface area contributed by atoms with Crippen LogP contribution in [0, 0.1) is 0 Å². The van der Waals surface area contributed by atoms with Crippen molar-refractivity contribution in [3.8, 4) is 0 Å². The molecule has 0 aromatic rings. The van der Waals surface area contributed by atoms with E-state index in [4.69, 9.17) is 14.2 Å². The van der Waals surface area contributed by atoms with E-state index in [1.165, 1.54) is 161 Å². The Balaban J connectivity index is 4.25. The Morgan fingerprint density at radius 3 is 1.15 bits per heavy atom. The smallest absolute Gasteiger partial charge is 0.306 e. The highest BCUT2D eigenvalue weighted by molar-refractivity contribution is 5.70. The Kier molecular flexibility index (Phi) is 44.4.